The molecule has 0 unspecified atom stereocenters. The van der Waals surface area contributed by atoms with Gasteiger partial charge in [0.25, 0.3) is 0 Å². The van der Waals surface area contributed by atoms with Crippen LogP contribution in [0.4, 0.5) is 4.79 Å². The molecule has 1 saturated heterocycles. The van der Waals surface area contributed by atoms with Crippen LogP contribution in [0.5, 0.6) is 0 Å². The molecule has 0 aliphatic carbocycles. The third-order valence-electron chi connectivity index (χ3n) is 6.38. The van der Waals surface area contributed by atoms with E-state index in [1.54, 1.807) is 36.1 Å². The molecule has 1 fully saturated rings. The second kappa shape index (κ2) is 11.1. The lowest BCUT2D eigenvalue weighted by Crippen LogP contribution is -2.47. The van der Waals surface area contributed by atoms with E-state index in [1.807, 2.05) is 43.3 Å². The maximum Gasteiger partial charge on any atom is 0.338 e. The molecule has 0 aromatic heterocycles. The van der Waals surface area contributed by atoms with E-state index in [9.17, 15) is 19.2 Å². The van der Waals surface area contributed by atoms with Crippen molar-refractivity contribution < 1.29 is 28.7 Å². The minimum Gasteiger partial charge on any atom is -0.463 e. The number of benzene rings is 2. The summed E-state index contributed by atoms with van der Waals surface area (Å²) < 4.78 is 10.7. The molecule has 2 aromatic carbocycles. The van der Waals surface area contributed by atoms with E-state index in [0.717, 1.165) is 5.56 Å². The molecule has 36 heavy (non-hydrogen) atoms. The summed E-state index contributed by atoms with van der Waals surface area (Å²) in [7, 11) is 0. The molecule has 0 radical (unpaired) electrons. The predicted molar refractivity (Wildman–Crippen MR) is 130 cm³/mol. The highest BCUT2D eigenvalue weighted by atomic mass is 16.5. The van der Waals surface area contributed by atoms with Crippen molar-refractivity contribution in [2.75, 3.05) is 19.8 Å². The van der Waals surface area contributed by atoms with Gasteiger partial charge in [-0.25, -0.2) is 9.59 Å². The van der Waals surface area contributed by atoms with Crippen molar-refractivity contribution in [3.8, 4) is 0 Å². The Hall–Kier alpha value is -4.14. The molecule has 2 aromatic rings. The fourth-order valence-electron chi connectivity index (χ4n) is 4.51. The first-order valence-corrected chi connectivity index (χ1v) is 11.9. The van der Waals surface area contributed by atoms with Crippen LogP contribution in [0.1, 0.15) is 43.5 Å². The van der Waals surface area contributed by atoms with E-state index in [1.165, 1.54) is 0 Å². The molecule has 188 valence electrons. The average molecular weight is 492 g/mol. The zero-order valence-electron chi connectivity index (χ0n) is 20.2. The first-order valence-electron chi connectivity index (χ1n) is 11.9. The standard InChI is InChI=1S/C27H29N3O6/c1-3-35-26(33)23-21(28-27(34)29-24(23)19-12-8-5-9-13-19)16-36-25(32)20-14-22(31)30(15-20)17(2)18-10-6-4-7-11-18/h4-13,17,20,24H,3,14-16H2,1-2H3,(H2,28,29,34)/t17-,20-,24+/m0/s1. The lowest BCUT2D eigenvalue weighted by Gasteiger charge is -2.29. The first kappa shape index (κ1) is 25.0. The van der Waals surface area contributed by atoms with Crippen LogP contribution < -0.4 is 10.6 Å². The summed E-state index contributed by atoms with van der Waals surface area (Å²) in [6, 6.07) is 17.1. The SMILES string of the molecule is CCOC(=O)C1=C(COC(=O)[C@H]2CC(=O)N([C@@H](C)c3ccccc3)C2)NC(=O)N[C@@H]1c1ccccc1. The van der Waals surface area contributed by atoms with Crippen molar-refractivity contribution in [2.45, 2.75) is 32.4 Å². The van der Waals surface area contributed by atoms with Gasteiger partial charge in [-0.05, 0) is 25.0 Å². The lowest BCUT2D eigenvalue weighted by molar-refractivity contribution is -0.148. The van der Waals surface area contributed by atoms with Gasteiger partial charge in [0.05, 0.1) is 35.9 Å². The Morgan fingerprint density at radius 1 is 1.03 bits per heavy atom. The maximum absolute atomic E-state index is 12.9. The van der Waals surface area contributed by atoms with Gasteiger partial charge in [0, 0.05) is 13.0 Å². The first-order chi connectivity index (χ1) is 17.4. The van der Waals surface area contributed by atoms with Crippen molar-refractivity contribution in [1.29, 1.82) is 0 Å². The number of carbonyl (C=O) groups is 4. The van der Waals surface area contributed by atoms with Crippen molar-refractivity contribution in [1.82, 2.24) is 15.5 Å². The quantitative estimate of drug-likeness (QED) is 0.549. The molecule has 2 aliphatic rings. The summed E-state index contributed by atoms with van der Waals surface area (Å²) in [5.74, 6) is -1.95. The molecule has 0 spiro atoms. The number of nitrogens with one attached hydrogen (secondary N) is 2. The van der Waals surface area contributed by atoms with Gasteiger partial charge in [-0.15, -0.1) is 0 Å². The Morgan fingerprint density at radius 2 is 1.69 bits per heavy atom. The molecule has 9 nitrogen and oxygen atoms in total. The van der Waals surface area contributed by atoms with Gasteiger partial charge in [-0.2, -0.15) is 0 Å². The molecule has 0 bridgehead atoms. The molecule has 3 atom stereocenters. The maximum atomic E-state index is 12.9. The number of amides is 3. The van der Waals surface area contributed by atoms with Crippen molar-refractivity contribution in [2.24, 2.45) is 5.92 Å². The summed E-state index contributed by atoms with van der Waals surface area (Å²) >= 11 is 0. The van der Waals surface area contributed by atoms with E-state index in [0.29, 0.717) is 5.56 Å². The number of urea groups is 1. The minimum absolute atomic E-state index is 0.0420. The van der Waals surface area contributed by atoms with Crippen LogP contribution in [0.15, 0.2) is 71.9 Å². The van der Waals surface area contributed by atoms with Gasteiger partial charge in [0.15, 0.2) is 0 Å². The predicted octanol–water partition coefficient (Wildman–Crippen LogP) is 3.01. The molecule has 3 amide bonds. The van der Waals surface area contributed by atoms with Gasteiger partial charge < -0.3 is 25.0 Å². The van der Waals surface area contributed by atoms with Gasteiger partial charge >= 0.3 is 18.0 Å². The fourth-order valence-corrected chi connectivity index (χ4v) is 4.51. The molecule has 9 heteroatoms. The Bertz CT molecular complexity index is 1160. The molecular formula is C27H29N3O6. The lowest BCUT2D eigenvalue weighted by atomic mass is 9.95. The minimum atomic E-state index is -0.761. The van der Waals surface area contributed by atoms with Crippen molar-refractivity contribution in [3.63, 3.8) is 0 Å². The number of esters is 2. The Balaban J connectivity index is 1.49. The summed E-state index contributed by atoms with van der Waals surface area (Å²) in [6.45, 7) is 3.65. The highest BCUT2D eigenvalue weighted by Gasteiger charge is 2.39. The van der Waals surface area contributed by atoms with Crippen LogP contribution in [0.2, 0.25) is 0 Å². The van der Waals surface area contributed by atoms with Crippen LogP contribution >= 0.6 is 0 Å². The molecule has 2 heterocycles. The largest absolute Gasteiger partial charge is 0.463 e. The Morgan fingerprint density at radius 3 is 2.36 bits per heavy atom. The summed E-state index contributed by atoms with van der Waals surface area (Å²) in [6.07, 6.45) is 0.0420. The normalized spacial score (nSPS) is 20.4. The Labute approximate surface area is 209 Å². The van der Waals surface area contributed by atoms with Crippen LogP contribution in [-0.2, 0) is 23.9 Å². The molecule has 4 rings (SSSR count). The van der Waals surface area contributed by atoms with E-state index >= 15 is 0 Å². The fraction of sp³-hybridized carbons (Fsp3) is 0.333. The number of likely N-dealkylation sites (tertiary alicyclic amines) is 1. The number of rotatable bonds is 8. The zero-order chi connectivity index (χ0) is 25.7. The number of ether oxygens (including phenoxy) is 2. The molecule has 2 aliphatic heterocycles. The van der Waals surface area contributed by atoms with E-state index < -0.39 is 29.9 Å². The van der Waals surface area contributed by atoms with Crippen LogP contribution in [-0.4, -0.2) is 48.5 Å². The van der Waals surface area contributed by atoms with Gasteiger partial charge in [-0.3, -0.25) is 9.59 Å². The third kappa shape index (κ3) is 5.40. The molecule has 2 N–H and O–H groups in total. The van der Waals surface area contributed by atoms with Gasteiger partial charge in [0.1, 0.15) is 6.61 Å². The van der Waals surface area contributed by atoms with Crippen molar-refractivity contribution >= 4 is 23.9 Å². The number of carbonyl (C=O) groups excluding carboxylic acids is 4. The van der Waals surface area contributed by atoms with Gasteiger partial charge in [0.2, 0.25) is 5.91 Å². The molecule has 0 saturated carbocycles. The van der Waals surface area contributed by atoms with E-state index in [2.05, 4.69) is 10.6 Å². The Kier molecular flexibility index (Phi) is 7.68. The van der Waals surface area contributed by atoms with Crippen LogP contribution in [0, 0.1) is 5.92 Å². The van der Waals surface area contributed by atoms with Crippen LogP contribution in [0.25, 0.3) is 0 Å². The topological polar surface area (TPSA) is 114 Å². The summed E-state index contributed by atoms with van der Waals surface area (Å²) in [4.78, 5) is 52.4. The third-order valence-corrected chi connectivity index (χ3v) is 6.38. The number of hydrogen-bond donors (Lipinski definition) is 2. The summed E-state index contributed by atoms with van der Waals surface area (Å²) in [5.41, 5.74) is 1.98. The zero-order valence-corrected chi connectivity index (χ0v) is 20.2. The highest BCUT2D eigenvalue weighted by molar-refractivity contribution is 5.95. The average Bonchev–Trinajstić information content (AvgIpc) is 3.29. The summed E-state index contributed by atoms with van der Waals surface area (Å²) in [5, 5.41) is 5.32. The van der Waals surface area contributed by atoms with E-state index in [4.69, 9.17) is 9.47 Å². The highest BCUT2D eigenvalue weighted by Crippen LogP contribution is 2.30. The monoisotopic (exact) mass is 491 g/mol. The second-order valence-corrected chi connectivity index (χ2v) is 8.70. The smallest absolute Gasteiger partial charge is 0.338 e. The number of nitrogens with zero attached hydrogens (tertiary/aromatic N) is 1. The van der Waals surface area contributed by atoms with E-state index in [-0.39, 0.29) is 49.4 Å². The molecular weight excluding hydrogens is 462 g/mol. The number of hydrogen-bond acceptors (Lipinski definition) is 6. The van der Waals surface area contributed by atoms with Crippen molar-refractivity contribution in [3.05, 3.63) is 83.1 Å². The van der Waals surface area contributed by atoms with Crippen LogP contribution in [0.3, 0.4) is 0 Å². The van der Waals surface area contributed by atoms with Gasteiger partial charge in [-0.1, -0.05) is 60.7 Å². The second-order valence-electron chi connectivity index (χ2n) is 8.70.